The largest absolute Gasteiger partial charge is 0.328 e. The van der Waals surface area contributed by atoms with Gasteiger partial charge in [-0.15, -0.1) is 0 Å². The molecule has 0 saturated carbocycles. The summed E-state index contributed by atoms with van der Waals surface area (Å²) in [4.78, 5) is 23.4. The minimum absolute atomic E-state index is 0.311. The second kappa shape index (κ2) is 11.1. The average molecular weight is 431 g/mol. The van der Waals surface area contributed by atoms with Crippen molar-refractivity contribution < 1.29 is 9.59 Å². The lowest BCUT2D eigenvalue weighted by molar-refractivity contribution is 0.252. The van der Waals surface area contributed by atoms with Crippen LogP contribution in [0, 0.1) is 0 Å². The van der Waals surface area contributed by atoms with E-state index in [0.717, 1.165) is 0 Å². The molecule has 0 fully saturated rings. The first kappa shape index (κ1) is 20.6. The molecule has 0 aromatic heterocycles. The number of nitrogens with one attached hydrogen (secondary N) is 4. The summed E-state index contributed by atoms with van der Waals surface area (Å²) in [7, 11) is 2.82. The molecule has 2 aromatic rings. The van der Waals surface area contributed by atoms with Gasteiger partial charge in [0.25, 0.3) is 0 Å². The molecule has 0 atom stereocenters. The molecule has 4 amide bonds. The van der Waals surface area contributed by atoms with Gasteiger partial charge in [-0.3, -0.25) is 0 Å². The third-order valence-electron chi connectivity index (χ3n) is 2.87. The van der Waals surface area contributed by atoms with Crippen LogP contribution in [0.15, 0.2) is 48.5 Å². The van der Waals surface area contributed by atoms with E-state index in [2.05, 4.69) is 21.3 Å². The number of anilines is 2. The number of halogens is 2. The Morgan fingerprint density at radius 1 is 0.692 bits per heavy atom. The highest BCUT2D eigenvalue weighted by atomic mass is 35.5. The normalized spacial score (nSPS) is 10.1. The van der Waals surface area contributed by atoms with E-state index < -0.39 is 0 Å². The summed E-state index contributed by atoms with van der Waals surface area (Å²) in [5.74, 6) is 0.787. The summed E-state index contributed by atoms with van der Waals surface area (Å²) in [6.45, 7) is 0. The zero-order valence-corrected chi connectivity index (χ0v) is 16.6. The van der Waals surface area contributed by atoms with Crippen molar-refractivity contribution in [2.45, 2.75) is 0 Å². The van der Waals surface area contributed by atoms with Gasteiger partial charge in [-0.05, 0) is 48.5 Å². The zero-order chi connectivity index (χ0) is 18.8. The van der Waals surface area contributed by atoms with E-state index in [-0.39, 0.29) is 12.1 Å². The van der Waals surface area contributed by atoms with Crippen molar-refractivity contribution in [3.05, 3.63) is 58.6 Å². The Hall–Kier alpha value is -1.74. The van der Waals surface area contributed by atoms with Crippen molar-refractivity contribution in [1.29, 1.82) is 0 Å². The molecule has 2 rings (SSSR count). The third kappa shape index (κ3) is 8.09. The Balaban J connectivity index is 1.53. The summed E-state index contributed by atoms with van der Waals surface area (Å²) in [6.07, 6.45) is 0. The van der Waals surface area contributed by atoms with E-state index in [9.17, 15) is 9.59 Å². The first-order valence-corrected chi connectivity index (χ1v) is 10.6. The number of hydrogen-bond donors (Lipinski definition) is 4. The smallest absolute Gasteiger partial charge is 0.319 e. The minimum Gasteiger partial charge on any atom is -0.328 e. The summed E-state index contributed by atoms with van der Waals surface area (Å²) >= 11 is 11.6. The van der Waals surface area contributed by atoms with Gasteiger partial charge in [0.1, 0.15) is 0 Å². The van der Waals surface area contributed by atoms with Gasteiger partial charge < -0.3 is 21.3 Å². The fourth-order valence-corrected chi connectivity index (χ4v) is 3.34. The molecule has 6 nitrogen and oxygen atoms in total. The lowest BCUT2D eigenvalue weighted by Crippen LogP contribution is -2.29. The Kier molecular flexibility index (Phi) is 8.76. The van der Waals surface area contributed by atoms with E-state index in [1.807, 2.05) is 0 Å². The molecule has 0 aliphatic rings. The maximum atomic E-state index is 11.7. The molecule has 0 aliphatic heterocycles. The molecule has 26 heavy (non-hydrogen) atoms. The number of benzene rings is 2. The van der Waals surface area contributed by atoms with Crippen molar-refractivity contribution in [1.82, 2.24) is 10.6 Å². The molecular formula is C16H16Cl2N4O2S2. The van der Waals surface area contributed by atoms with Crippen LogP contribution in [0.25, 0.3) is 0 Å². The predicted octanol–water partition coefficient (Wildman–Crippen LogP) is 5.23. The van der Waals surface area contributed by atoms with Gasteiger partial charge in [-0.1, -0.05) is 44.8 Å². The molecule has 4 N–H and O–H groups in total. The van der Waals surface area contributed by atoms with Gasteiger partial charge in [0, 0.05) is 21.4 Å². The fraction of sp³-hybridized carbons (Fsp3) is 0.125. The average Bonchev–Trinajstić information content (AvgIpc) is 2.62. The minimum atomic E-state index is -0.311. The maximum absolute atomic E-state index is 11.7. The SMILES string of the molecule is O=C(NCSSCNC(=O)Nc1ccc(Cl)cc1)Nc1ccc(Cl)cc1. The van der Waals surface area contributed by atoms with Crippen LogP contribution in [0.4, 0.5) is 21.0 Å². The maximum Gasteiger partial charge on any atom is 0.319 e. The third-order valence-corrected chi connectivity index (χ3v) is 5.27. The second-order valence-corrected chi connectivity index (χ2v) is 8.14. The van der Waals surface area contributed by atoms with Crippen LogP contribution in [-0.4, -0.2) is 23.8 Å². The van der Waals surface area contributed by atoms with Crippen molar-refractivity contribution in [3.8, 4) is 0 Å². The zero-order valence-electron chi connectivity index (χ0n) is 13.4. The van der Waals surface area contributed by atoms with Gasteiger partial charge in [0.05, 0.1) is 11.8 Å². The van der Waals surface area contributed by atoms with Crippen LogP contribution in [0.3, 0.4) is 0 Å². The molecule has 0 heterocycles. The topological polar surface area (TPSA) is 82.3 Å². The van der Waals surface area contributed by atoms with Gasteiger partial charge >= 0.3 is 12.1 Å². The molecule has 10 heteroatoms. The standard InChI is InChI=1S/C16H16Cl2N4O2S2/c17-11-1-5-13(6-2-11)21-15(23)19-9-25-26-10-20-16(24)22-14-7-3-12(18)4-8-14/h1-8H,9-10H2,(H2,19,21,23)(H2,20,22,24). The Labute approximate surface area is 169 Å². The van der Waals surface area contributed by atoms with Crippen LogP contribution < -0.4 is 21.3 Å². The van der Waals surface area contributed by atoms with Crippen molar-refractivity contribution in [2.75, 3.05) is 22.4 Å². The summed E-state index contributed by atoms with van der Waals surface area (Å²) in [6, 6.07) is 13.0. The number of rotatable bonds is 7. The highest BCUT2D eigenvalue weighted by Gasteiger charge is 2.03. The first-order chi connectivity index (χ1) is 12.5. The van der Waals surface area contributed by atoms with Gasteiger partial charge in [-0.2, -0.15) is 0 Å². The van der Waals surface area contributed by atoms with E-state index in [0.29, 0.717) is 33.2 Å². The molecule has 0 saturated heterocycles. The van der Waals surface area contributed by atoms with Crippen molar-refractivity contribution in [3.63, 3.8) is 0 Å². The monoisotopic (exact) mass is 430 g/mol. The number of carbonyl (C=O) groups is 2. The highest BCUT2D eigenvalue weighted by Crippen LogP contribution is 2.18. The van der Waals surface area contributed by atoms with Gasteiger partial charge in [-0.25, -0.2) is 9.59 Å². The molecule has 0 unspecified atom stereocenters. The lowest BCUT2D eigenvalue weighted by atomic mass is 10.3. The van der Waals surface area contributed by atoms with Crippen LogP contribution in [0.5, 0.6) is 0 Å². The molecule has 0 bridgehead atoms. The van der Waals surface area contributed by atoms with Crippen LogP contribution >= 0.6 is 44.8 Å². The second-order valence-electron chi connectivity index (χ2n) is 4.80. The van der Waals surface area contributed by atoms with Crippen LogP contribution in [0.2, 0.25) is 10.0 Å². The number of urea groups is 2. The molecule has 0 radical (unpaired) electrons. The van der Waals surface area contributed by atoms with Gasteiger partial charge in [0.15, 0.2) is 0 Å². The van der Waals surface area contributed by atoms with E-state index >= 15 is 0 Å². The van der Waals surface area contributed by atoms with E-state index in [1.165, 1.54) is 21.6 Å². The van der Waals surface area contributed by atoms with E-state index in [4.69, 9.17) is 23.2 Å². The predicted molar refractivity (Wildman–Crippen MR) is 112 cm³/mol. The molecule has 138 valence electrons. The molecule has 2 aromatic carbocycles. The Morgan fingerprint density at radius 3 is 1.38 bits per heavy atom. The van der Waals surface area contributed by atoms with Crippen LogP contribution in [0.1, 0.15) is 0 Å². The quantitative estimate of drug-likeness (QED) is 0.275. The highest BCUT2D eigenvalue weighted by molar-refractivity contribution is 8.76. The Bertz CT molecular complexity index is 667. The van der Waals surface area contributed by atoms with Gasteiger partial charge in [0.2, 0.25) is 0 Å². The number of hydrogen-bond acceptors (Lipinski definition) is 4. The number of carbonyl (C=O) groups excluding carboxylic acids is 2. The Morgan fingerprint density at radius 2 is 1.04 bits per heavy atom. The van der Waals surface area contributed by atoms with Crippen molar-refractivity contribution >= 4 is 68.2 Å². The van der Waals surface area contributed by atoms with E-state index in [1.54, 1.807) is 48.5 Å². The summed E-state index contributed by atoms with van der Waals surface area (Å²) in [5, 5.41) is 12.0. The summed E-state index contributed by atoms with van der Waals surface area (Å²) in [5.41, 5.74) is 1.31. The van der Waals surface area contributed by atoms with Crippen molar-refractivity contribution in [2.24, 2.45) is 0 Å². The molecule has 0 aliphatic carbocycles. The number of amides is 4. The fourth-order valence-electron chi connectivity index (χ4n) is 1.69. The molecule has 0 spiro atoms. The van der Waals surface area contributed by atoms with Crippen LogP contribution in [-0.2, 0) is 0 Å². The first-order valence-electron chi connectivity index (χ1n) is 7.38. The molecular weight excluding hydrogens is 415 g/mol. The summed E-state index contributed by atoms with van der Waals surface area (Å²) < 4.78 is 0. The lowest BCUT2D eigenvalue weighted by Gasteiger charge is -2.08.